The Morgan fingerprint density at radius 2 is 1.70 bits per heavy atom. The van der Waals surface area contributed by atoms with E-state index in [4.69, 9.17) is 0 Å². The predicted octanol–water partition coefficient (Wildman–Crippen LogP) is 3.32. The average molecular weight is 393 g/mol. The molecule has 1 saturated heterocycles. The monoisotopic (exact) mass is 392 g/mol. The Morgan fingerprint density at radius 1 is 1.07 bits per heavy atom. The van der Waals surface area contributed by atoms with E-state index in [-0.39, 0.29) is 18.9 Å². The SMILES string of the molecule is Cc1cc(C)c(S(=O)(=O)NCCC(=O)N2CC[C@H]3CCCC[C@H]3C2)c(C)c1. The lowest BCUT2D eigenvalue weighted by molar-refractivity contribution is -0.134. The van der Waals surface area contributed by atoms with E-state index in [1.54, 1.807) is 0 Å². The fourth-order valence-corrected chi connectivity index (χ4v) is 6.42. The highest BCUT2D eigenvalue weighted by atomic mass is 32.2. The maximum atomic E-state index is 12.7. The second kappa shape index (κ2) is 8.31. The third-order valence-corrected chi connectivity index (χ3v) is 7.91. The number of aryl methyl sites for hydroxylation is 3. The van der Waals surface area contributed by atoms with Crippen molar-refractivity contribution < 1.29 is 13.2 Å². The number of sulfonamides is 1. The topological polar surface area (TPSA) is 66.5 Å². The van der Waals surface area contributed by atoms with Gasteiger partial charge >= 0.3 is 0 Å². The summed E-state index contributed by atoms with van der Waals surface area (Å²) < 4.78 is 28.0. The van der Waals surface area contributed by atoms with Crippen LogP contribution in [0, 0.1) is 32.6 Å². The quantitative estimate of drug-likeness (QED) is 0.836. The van der Waals surface area contributed by atoms with Crippen LogP contribution in [-0.4, -0.2) is 38.9 Å². The van der Waals surface area contributed by atoms with Gasteiger partial charge < -0.3 is 4.90 Å². The van der Waals surface area contributed by atoms with Gasteiger partial charge in [-0.25, -0.2) is 13.1 Å². The maximum Gasteiger partial charge on any atom is 0.241 e. The predicted molar refractivity (Wildman–Crippen MR) is 107 cm³/mol. The van der Waals surface area contributed by atoms with Crippen LogP contribution in [0.25, 0.3) is 0 Å². The Hall–Kier alpha value is -1.40. The van der Waals surface area contributed by atoms with Crippen LogP contribution >= 0.6 is 0 Å². The van der Waals surface area contributed by atoms with Crippen molar-refractivity contribution in [1.82, 2.24) is 9.62 Å². The van der Waals surface area contributed by atoms with E-state index in [9.17, 15) is 13.2 Å². The average Bonchev–Trinajstić information content (AvgIpc) is 2.59. The summed E-state index contributed by atoms with van der Waals surface area (Å²) in [7, 11) is -3.60. The fourth-order valence-electron chi connectivity index (χ4n) is 4.94. The number of hydrogen-bond donors (Lipinski definition) is 1. The maximum absolute atomic E-state index is 12.7. The minimum Gasteiger partial charge on any atom is -0.342 e. The number of likely N-dealkylation sites (tertiary alicyclic amines) is 1. The summed E-state index contributed by atoms with van der Waals surface area (Å²) in [5, 5.41) is 0. The largest absolute Gasteiger partial charge is 0.342 e. The highest BCUT2D eigenvalue weighted by Crippen LogP contribution is 2.36. The number of rotatable bonds is 5. The number of hydrogen-bond acceptors (Lipinski definition) is 3. The lowest BCUT2D eigenvalue weighted by Gasteiger charge is -2.41. The van der Waals surface area contributed by atoms with Gasteiger partial charge in [0.15, 0.2) is 0 Å². The molecule has 2 fully saturated rings. The molecule has 5 nitrogen and oxygen atoms in total. The van der Waals surface area contributed by atoms with Gasteiger partial charge in [0.05, 0.1) is 4.90 Å². The van der Waals surface area contributed by atoms with Crippen LogP contribution in [0.15, 0.2) is 17.0 Å². The van der Waals surface area contributed by atoms with Gasteiger partial charge in [-0.3, -0.25) is 4.79 Å². The molecule has 3 rings (SSSR count). The Kier molecular flexibility index (Phi) is 6.26. The highest BCUT2D eigenvalue weighted by molar-refractivity contribution is 7.89. The summed E-state index contributed by atoms with van der Waals surface area (Å²) in [6.07, 6.45) is 6.46. The number of nitrogens with one attached hydrogen (secondary N) is 1. The Balaban J connectivity index is 1.55. The van der Waals surface area contributed by atoms with Gasteiger partial charge in [-0.15, -0.1) is 0 Å². The molecule has 2 atom stereocenters. The van der Waals surface area contributed by atoms with E-state index in [1.807, 2.05) is 37.8 Å². The van der Waals surface area contributed by atoms with Crippen molar-refractivity contribution in [2.45, 2.75) is 64.2 Å². The zero-order chi connectivity index (χ0) is 19.6. The van der Waals surface area contributed by atoms with Crippen molar-refractivity contribution >= 4 is 15.9 Å². The lowest BCUT2D eigenvalue weighted by atomic mass is 9.75. The normalized spacial score (nSPS) is 23.1. The summed E-state index contributed by atoms with van der Waals surface area (Å²) >= 11 is 0. The van der Waals surface area contributed by atoms with E-state index in [0.29, 0.717) is 10.8 Å². The van der Waals surface area contributed by atoms with Crippen molar-refractivity contribution in [1.29, 1.82) is 0 Å². The number of fused-ring (bicyclic) bond motifs is 1. The van der Waals surface area contributed by atoms with Gasteiger partial charge in [0, 0.05) is 26.1 Å². The van der Waals surface area contributed by atoms with E-state index >= 15 is 0 Å². The van der Waals surface area contributed by atoms with E-state index < -0.39 is 10.0 Å². The third kappa shape index (κ3) is 4.72. The number of piperidine rings is 1. The van der Waals surface area contributed by atoms with Gasteiger partial charge in [0.25, 0.3) is 0 Å². The number of carbonyl (C=O) groups excluding carboxylic acids is 1. The molecule has 27 heavy (non-hydrogen) atoms. The molecular formula is C21H32N2O3S. The molecule has 0 unspecified atom stereocenters. The molecule has 0 radical (unpaired) electrons. The molecule has 0 bridgehead atoms. The smallest absolute Gasteiger partial charge is 0.241 e. The number of carbonyl (C=O) groups is 1. The molecule has 1 aliphatic carbocycles. The van der Waals surface area contributed by atoms with Crippen molar-refractivity contribution in [2.24, 2.45) is 11.8 Å². The second-order valence-corrected chi connectivity index (χ2v) is 10.0. The Bertz CT molecular complexity index is 781. The van der Waals surface area contributed by atoms with Crippen molar-refractivity contribution in [3.8, 4) is 0 Å². The zero-order valence-corrected chi connectivity index (χ0v) is 17.6. The van der Waals surface area contributed by atoms with Crippen LogP contribution in [0.5, 0.6) is 0 Å². The minimum absolute atomic E-state index is 0.0686. The van der Waals surface area contributed by atoms with Crippen molar-refractivity contribution in [2.75, 3.05) is 19.6 Å². The van der Waals surface area contributed by atoms with Crippen LogP contribution in [0.2, 0.25) is 0 Å². The van der Waals surface area contributed by atoms with E-state index in [2.05, 4.69) is 4.72 Å². The molecule has 1 N–H and O–H groups in total. The number of amides is 1. The fraction of sp³-hybridized carbons (Fsp3) is 0.667. The summed E-state index contributed by atoms with van der Waals surface area (Å²) in [4.78, 5) is 14.8. The summed E-state index contributed by atoms with van der Waals surface area (Å²) in [5.41, 5.74) is 2.53. The van der Waals surface area contributed by atoms with Crippen LogP contribution < -0.4 is 4.72 Å². The minimum atomic E-state index is -3.60. The van der Waals surface area contributed by atoms with Crippen molar-refractivity contribution in [3.05, 3.63) is 28.8 Å². The zero-order valence-electron chi connectivity index (χ0n) is 16.8. The van der Waals surface area contributed by atoms with Crippen LogP contribution in [-0.2, 0) is 14.8 Å². The molecule has 1 aliphatic heterocycles. The molecule has 1 saturated carbocycles. The van der Waals surface area contributed by atoms with E-state index in [1.165, 1.54) is 25.7 Å². The van der Waals surface area contributed by atoms with Crippen LogP contribution in [0.4, 0.5) is 0 Å². The molecule has 1 aromatic rings. The first-order valence-electron chi connectivity index (χ1n) is 10.1. The molecule has 1 amide bonds. The first-order chi connectivity index (χ1) is 12.8. The molecule has 6 heteroatoms. The molecule has 0 aromatic heterocycles. The number of nitrogens with zero attached hydrogens (tertiary/aromatic N) is 1. The van der Waals surface area contributed by atoms with E-state index in [0.717, 1.165) is 42.1 Å². The molecular weight excluding hydrogens is 360 g/mol. The van der Waals surface area contributed by atoms with Crippen molar-refractivity contribution in [3.63, 3.8) is 0 Å². The third-order valence-electron chi connectivity index (χ3n) is 6.15. The highest BCUT2D eigenvalue weighted by Gasteiger charge is 2.32. The number of benzene rings is 1. The first kappa shape index (κ1) is 20.3. The summed E-state index contributed by atoms with van der Waals surface area (Å²) in [6, 6.07) is 3.75. The summed E-state index contributed by atoms with van der Waals surface area (Å²) in [5.74, 6) is 1.50. The van der Waals surface area contributed by atoms with Crippen LogP contribution in [0.1, 0.15) is 55.2 Å². The second-order valence-electron chi connectivity index (χ2n) is 8.31. The molecule has 150 valence electrons. The van der Waals surface area contributed by atoms with Gasteiger partial charge in [-0.2, -0.15) is 0 Å². The van der Waals surface area contributed by atoms with Gasteiger partial charge in [-0.1, -0.05) is 37.0 Å². The van der Waals surface area contributed by atoms with Gasteiger partial charge in [0.1, 0.15) is 0 Å². The Morgan fingerprint density at radius 3 is 2.37 bits per heavy atom. The summed E-state index contributed by atoms with van der Waals surface area (Å²) in [6.45, 7) is 7.41. The molecule has 1 heterocycles. The van der Waals surface area contributed by atoms with Crippen LogP contribution in [0.3, 0.4) is 0 Å². The first-order valence-corrected chi connectivity index (χ1v) is 11.6. The molecule has 1 aromatic carbocycles. The lowest BCUT2D eigenvalue weighted by Crippen LogP contribution is -2.45. The molecule has 0 spiro atoms. The Labute approximate surface area is 163 Å². The van der Waals surface area contributed by atoms with Gasteiger partial charge in [0.2, 0.25) is 15.9 Å². The molecule has 2 aliphatic rings. The standard InChI is InChI=1S/C21H32N2O3S/c1-15-12-16(2)21(17(3)13-15)27(25,26)22-10-8-20(24)23-11-9-18-6-4-5-7-19(18)14-23/h12-13,18-19,22H,4-11,14H2,1-3H3/t18-,19+/m1/s1. The van der Waals surface area contributed by atoms with Gasteiger partial charge in [-0.05, 0) is 56.6 Å².